The second-order valence-electron chi connectivity index (χ2n) is 4.25. The van der Waals surface area contributed by atoms with Gasteiger partial charge in [-0.1, -0.05) is 18.5 Å². The largest absolute Gasteiger partial charge is 0.476 e. The van der Waals surface area contributed by atoms with E-state index in [9.17, 15) is 4.79 Å². The fraction of sp³-hybridized carbons (Fsp3) is 0.455. The number of anilines is 1. The van der Waals surface area contributed by atoms with Crippen molar-refractivity contribution in [2.24, 2.45) is 5.92 Å². The SMILES string of the molecule is CC1CC(Nc2ccc(Cl)c(C(=O)O)n2)C1. The van der Waals surface area contributed by atoms with E-state index < -0.39 is 5.97 Å². The first-order valence-electron chi connectivity index (χ1n) is 5.22. The van der Waals surface area contributed by atoms with Crippen LogP contribution in [-0.2, 0) is 0 Å². The van der Waals surface area contributed by atoms with Crippen LogP contribution in [0.15, 0.2) is 12.1 Å². The van der Waals surface area contributed by atoms with Crippen molar-refractivity contribution in [1.82, 2.24) is 4.98 Å². The van der Waals surface area contributed by atoms with Crippen molar-refractivity contribution < 1.29 is 9.90 Å². The van der Waals surface area contributed by atoms with Gasteiger partial charge in [0.2, 0.25) is 0 Å². The molecule has 86 valence electrons. The molecule has 16 heavy (non-hydrogen) atoms. The minimum Gasteiger partial charge on any atom is -0.476 e. The quantitative estimate of drug-likeness (QED) is 0.853. The summed E-state index contributed by atoms with van der Waals surface area (Å²) < 4.78 is 0. The fourth-order valence-corrected chi connectivity index (χ4v) is 2.09. The number of hydrogen-bond acceptors (Lipinski definition) is 3. The Morgan fingerprint density at radius 3 is 2.81 bits per heavy atom. The summed E-state index contributed by atoms with van der Waals surface area (Å²) in [6, 6.07) is 3.67. The molecule has 0 unspecified atom stereocenters. The molecule has 0 amide bonds. The molecule has 0 aliphatic heterocycles. The molecule has 0 saturated heterocycles. The molecule has 2 rings (SSSR count). The Bertz CT molecular complexity index is 416. The Balaban J connectivity index is 2.10. The molecule has 1 aliphatic rings. The van der Waals surface area contributed by atoms with Crippen molar-refractivity contribution in [2.75, 3.05) is 5.32 Å². The highest BCUT2D eigenvalue weighted by atomic mass is 35.5. The molecular weight excluding hydrogens is 228 g/mol. The van der Waals surface area contributed by atoms with Crippen molar-refractivity contribution >= 4 is 23.4 Å². The Morgan fingerprint density at radius 1 is 1.56 bits per heavy atom. The van der Waals surface area contributed by atoms with Gasteiger partial charge in [0.15, 0.2) is 5.69 Å². The zero-order valence-corrected chi connectivity index (χ0v) is 9.66. The summed E-state index contributed by atoms with van der Waals surface area (Å²) in [5, 5.41) is 12.2. The number of aromatic nitrogens is 1. The summed E-state index contributed by atoms with van der Waals surface area (Å²) in [7, 11) is 0. The van der Waals surface area contributed by atoms with E-state index in [0.717, 1.165) is 18.8 Å². The van der Waals surface area contributed by atoms with Gasteiger partial charge in [-0.05, 0) is 30.9 Å². The first-order valence-corrected chi connectivity index (χ1v) is 5.60. The molecule has 2 N–H and O–H groups in total. The summed E-state index contributed by atoms with van der Waals surface area (Å²) in [6.07, 6.45) is 2.21. The topological polar surface area (TPSA) is 62.2 Å². The fourth-order valence-electron chi connectivity index (χ4n) is 1.90. The van der Waals surface area contributed by atoms with Gasteiger partial charge >= 0.3 is 5.97 Å². The molecular formula is C11H13ClN2O2. The van der Waals surface area contributed by atoms with Crippen LogP contribution in [0.1, 0.15) is 30.3 Å². The average Bonchev–Trinajstić information content (AvgIpc) is 2.18. The maximum Gasteiger partial charge on any atom is 0.356 e. The predicted octanol–water partition coefficient (Wildman–Crippen LogP) is 2.64. The van der Waals surface area contributed by atoms with Crippen LogP contribution in [0.25, 0.3) is 0 Å². The Kier molecular flexibility index (Phi) is 3.01. The van der Waals surface area contributed by atoms with Gasteiger partial charge in [-0.2, -0.15) is 0 Å². The molecule has 0 atom stereocenters. The number of hydrogen-bond donors (Lipinski definition) is 2. The molecule has 0 bridgehead atoms. The molecule has 1 aliphatic carbocycles. The first kappa shape index (κ1) is 11.2. The van der Waals surface area contributed by atoms with E-state index >= 15 is 0 Å². The van der Waals surface area contributed by atoms with Crippen LogP contribution in [-0.4, -0.2) is 22.1 Å². The van der Waals surface area contributed by atoms with Crippen molar-refractivity contribution in [3.8, 4) is 0 Å². The van der Waals surface area contributed by atoms with Crippen LogP contribution in [0, 0.1) is 5.92 Å². The number of carbonyl (C=O) groups is 1. The lowest BCUT2D eigenvalue weighted by Gasteiger charge is -2.33. The van der Waals surface area contributed by atoms with E-state index in [-0.39, 0.29) is 10.7 Å². The van der Waals surface area contributed by atoms with Gasteiger partial charge in [0.25, 0.3) is 0 Å². The highest BCUT2D eigenvalue weighted by Gasteiger charge is 2.25. The number of halogens is 1. The monoisotopic (exact) mass is 240 g/mol. The summed E-state index contributed by atoms with van der Waals surface area (Å²) in [5.74, 6) is 0.220. The average molecular weight is 241 g/mol. The van der Waals surface area contributed by atoms with E-state index in [1.807, 2.05) is 0 Å². The number of nitrogens with zero attached hydrogens (tertiary/aromatic N) is 1. The van der Waals surface area contributed by atoms with E-state index in [1.54, 1.807) is 12.1 Å². The Hall–Kier alpha value is -1.29. The number of pyridine rings is 1. The van der Waals surface area contributed by atoms with Crippen LogP contribution in [0.4, 0.5) is 5.82 Å². The zero-order valence-electron chi connectivity index (χ0n) is 8.90. The van der Waals surface area contributed by atoms with E-state index in [0.29, 0.717) is 11.9 Å². The predicted molar refractivity (Wildman–Crippen MR) is 62.0 cm³/mol. The van der Waals surface area contributed by atoms with Gasteiger partial charge in [0, 0.05) is 6.04 Å². The standard InChI is InChI=1S/C11H13ClN2O2/c1-6-4-7(5-6)13-9-3-2-8(12)10(14-9)11(15)16/h2-3,6-7H,4-5H2,1H3,(H,13,14)(H,15,16). The number of aromatic carboxylic acids is 1. The minimum absolute atomic E-state index is 0.0981. The van der Waals surface area contributed by atoms with Crippen LogP contribution < -0.4 is 5.32 Å². The summed E-state index contributed by atoms with van der Waals surface area (Å²) >= 11 is 5.73. The van der Waals surface area contributed by atoms with Crippen LogP contribution >= 0.6 is 11.6 Å². The molecule has 4 nitrogen and oxygen atoms in total. The Labute approximate surface area is 98.6 Å². The van der Waals surface area contributed by atoms with Gasteiger partial charge in [0.1, 0.15) is 5.82 Å². The third kappa shape index (κ3) is 2.27. The first-order chi connectivity index (χ1) is 7.56. The molecule has 1 fully saturated rings. The van der Waals surface area contributed by atoms with Gasteiger partial charge < -0.3 is 10.4 Å². The molecule has 1 saturated carbocycles. The second kappa shape index (κ2) is 4.29. The molecule has 1 aromatic heterocycles. The normalized spacial score (nSPS) is 23.6. The van der Waals surface area contributed by atoms with Crippen molar-refractivity contribution in [2.45, 2.75) is 25.8 Å². The number of rotatable bonds is 3. The van der Waals surface area contributed by atoms with Crippen LogP contribution in [0.2, 0.25) is 5.02 Å². The van der Waals surface area contributed by atoms with Gasteiger partial charge in [-0.3, -0.25) is 0 Å². The van der Waals surface area contributed by atoms with Crippen molar-refractivity contribution in [3.63, 3.8) is 0 Å². The van der Waals surface area contributed by atoms with E-state index in [4.69, 9.17) is 16.7 Å². The highest BCUT2D eigenvalue weighted by Crippen LogP contribution is 2.29. The summed E-state index contributed by atoms with van der Waals surface area (Å²) in [5.41, 5.74) is -0.0981. The second-order valence-corrected chi connectivity index (χ2v) is 4.66. The number of carboxylic acid groups (broad SMARTS) is 1. The maximum absolute atomic E-state index is 10.8. The van der Waals surface area contributed by atoms with Crippen molar-refractivity contribution in [1.29, 1.82) is 0 Å². The molecule has 0 aromatic carbocycles. The summed E-state index contributed by atoms with van der Waals surface area (Å²) in [6.45, 7) is 2.19. The molecule has 5 heteroatoms. The van der Waals surface area contributed by atoms with Crippen molar-refractivity contribution in [3.05, 3.63) is 22.8 Å². The van der Waals surface area contributed by atoms with E-state index in [2.05, 4.69) is 17.2 Å². The molecule has 0 spiro atoms. The lowest BCUT2D eigenvalue weighted by Crippen LogP contribution is -2.34. The van der Waals surface area contributed by atoms with Crippen LogP contribution in [0.3, 0.4) is 0 Å². The lowest BCUT2D eigenvalue weighted by molar-refractivity contribution is 0.0691. The molecule has 1 aromatic rings. The number of nitrogens with one attached hydrogen (secondary N) is 1. The van der Waals surface area contributed by atoms with Gasteiger partial charge in [0.05, 0.1) is 5.02 Å². The molecule has 0 radical (unpaired) electrons. The third-order valence-electron chi connectivity index (χ3n) is 2.77. The maximum atomic E-state index is 10.8. The van der Waals surface area contributed by atoms with Gasteiger partial charge in [-0.25, -0.2) is 9.78 Å². The van der Waals surface area contributed by atoms with Gasteiger partial charge in [-0.15, -0.1) is 0 Å². The summed E-state index contributed by atoms with van der Waals surface area (Å²) in [4.78, 5) is 14.8. The third-order valence-corrected chi connectivity index (χ3v) is 3.08. The Morgan fingerprint density at radius 2 is 2.25 bits per heavy atom. The highest BCUT2D eigenvalue weighted by molar-refractivity contribution is 6.33. The lowest BCUT2D eigenvalue weighted by atomic mass is 9.82. The smallest absolute Gasteiger partial charge is 0.356 e. The van der Waals surface area contributed by atoms with Crippen LogP contribution in [0.5, 0.6) is 0 Å². The zero-order chi connectivity index (χ0) is 11.7. The van der Waals surface area contributed by atoms with E-state index in [1.165, 1.54) is 0 Å². The number of carboxylic acids is 1. The molecule has 1 heterocycles. The minimum atomic E-state index is -1.10.